The Hall–Kier alpha value is -2.92. The van der Waals surface area contributed by atoms with Gasteiger partial charge in [0.2, 0.25) is 11.8 Å². The molecule has 0 aliphatic carbocycles. The highest BCUT2D eigenvalue weighted by Crippen LogP contribution is 2.30. The number of carbonyl (C=O) groups excluding carboxylic acids is 1. The summed E-state index contributed by atoms with van der Waals surface area (Å²) >= 11 is 0. The second kappa shape index (κ2) is 6.91. The van der Waals surface area contributed by atoms with Gasteiger partial charge in [-0.1, -0.05) is 17.3 Å². The van der Waals surface area contributed by atoms with Crippen molar-refractivity contribution >= 4 is 19.0 Å². The first-order valence-electron chi connectivity index (χ1n) is 7.48. The van der Waals surface area contributed by atoms with Gasteiger partial charge in [-0.15, -0.1) is 0 Å². The Labute approximate surface area is 142 Å². The maximum absolute atomic E-state index is 12.1. The molecule has 0 bridgehead atoms. The summed E-state index contributed by atoms with van der Waals surface area (Å²) in [4.78, 5) is 27.2. The van der Waals surface area contributed by atoms with E-state index in [1.165, 1.54) is 6.07 Å². The Bertz CT molecular complexity index is 810. The van der Waals surface area contributed by atoms with Crippen molar-refractivity contribution in [3.8, 4) is 5.75 Å². The first kappa shape index (κ1) is 16.9. The molecule has 0 saturated heterocycles. The predicted octanol–water partition coefficient (Wildman–Crippen LogP) is -1.09. The quantitative estimate of drug-likeness (QED) is 0.493. The van der Waals surface area contributed by atoms with E-state index in [2.05, 4.69) is 15.5 Å². The summed E-state index contributed by atoms with van der Waals surface area (Å²) in [5.74, 6) is -1.83. The molecule has 0 fully saturated rings. The largest absolute Gasteiger partial charge is 0.547 e. The summed E-state index contributed by atoms with van der Waals surface area (Å²) in [7, 11) is -1.38. The number of carbonyl (C=O) groups is 2. The number of rotatable bonds is 5. The maximum Gasteiger partial charge on any atom is 0.547 e. The summed E-state index contributed by atoms with van der Waals surface area (Å²) in [6, 6.07) is 4.64. The topological polar surface area (TPSA) is 161 Å². The number of carboxylic acids is 1. The molecule has 1 atom stereocenters. The van der Waals surface area contributed by atoms with Crippen LogP contribution in [0.25, 0.3) is 0 Å². The third kappa shape index (κ3) is 3.62. The van der Waals surface area contributed by atoms with E-state index in [-0.39, 0.29) is 36.6 Å². The first-order valence-corrected chi connectivity index (χ1v) is 7.48. The number of aromatic nitrogens is 2. The molecule has 0 unspecified atom stereocenters. The van der Waals surface area contributed by atoms with Gasteiger partial charge in [0.1, 0.15) is 12.2 Å². The number of carboxylic acid groups (broad SMARTS) is 1. The lowest BCUT2D eigenvalue weighted by Crippen LogP contribution is -2.53. The van der Waals surface area contributed by atoms with Crippen LogP contribution in [0, 0.1) is 0 Å². The average Bonchev–Trinajstić information content (AvgIpc) is 3.02. The highest BCUT2D eigenvalue weighted by molar-refractivity contribution is 6.47. The number of nitrogens with two attached hydrogens (primary N) is 1. The molecule has 10 nitrogen and oxygen atoms in total. The number of amides is 1. The van der Waals surface area contributed by atoms with Crippen LogP contribution in [0.2, 0.25) is 0 Å². The van der Waals surface area contributed by atoms with Crippen LogP contribution in [0.15, 0.2) is 22.7 Å². The van der Waals surface area contributed by atoms with Crippen LogP contribution in [-0.2, 0) is 24.2 Å². The minimum atomic E-state index is -1.38. The Balaban J connectivity index is 1.68. The molecule has 0 saturated carbocycles. The van der Waals surface area contributed by atoms with Crippen molar-refractivity contribution in [3.05, 3.63) is 41.0 Å². The Morgan fingerprint density at radius 1 is 1.44 bits per heavy atom. The van der Waals surface area contributed by atoms with Crippen LogP contribution in [-0.4, -0.2) is 45.2 Å². The Kier molecular flexibility index (Phi) is 4.68. The molecule has 1 aliphatic rings. The number of hydrogen-bond acceptors (Lipinski definition) is 8. The fourth-order valence-electron chi connectivity index (χ4n) is 2.56. The van der Waals surface area contributed by atoms with Gasteiger partial charge >= 0.3 is 13.1 Å². The maximum atomic E-state index is 12.1. The number of para-hydroxylation sites is 1. The minimum absolute atomic E-state index is 0.0403. The molecule has 25 heavy (non-hydrogen) atoms. The van der Waals surface area contributed by atoms with Crippen molar-refractivity contribution < 1.29 is 28.9 Å². The van der Waals surface area contributed by atoms with Gasteiger partial charge in [-0.2, -0.15) is 4.98 Å². The molecule has 0 spiro atoms. The second-order valence-electron chi connectivity index (χ2n) is 5.47. The smallest absolute Gasteiger partial charge is 0.534 e. The lowest BCUT2D eigenvalue weighted by Gasteiger charge is -2.28. The fourth-order valence-corrected chi connectivity index (χ4v) is 2.56. The number of fused-ring (bicyclic) bond motifs is 1. The van der Waals surface area contributed by atoms with E-state index in [4.69, 9.17) is 20.0 Å². The number of nitrogens with one attached hydrogen (secondary N) is 1. The van der Waals surface area contributed by atoms with E-state index >= 15 is 0 Å². The SMILES string of the molecule is NCc1noc(CC(=O)N[C@H]2Cc3cccc(C(=O)O)c3OB2O)n1. The molecule has 11 heteroatoms. The summed E-state index contributed by atoms with van der Waals surface area (Å²) in [6.45, 7) is 0.100. The number of hydrogen-bond donors (Lipinski definition) is 4. The van der Waals surface area contributed by atoms with E-state index < -0.39 is 24.9 Å². The molecule has 1 aromatic heterocycles. The average molecular weight is 346 g/mol. The molecule has 1 amide bonds. The number of nitrogens with zero attached hydrogens (tertiary/aromatic N) is 2. The van der Waals surface area contributed by atoms with Crippen LogP contribution < -0.4 is 15.7 Å². The number of benzene rings is 1. The Morgan fingerprint density at radius 2 is 2.24 bits per heavy atom. The molecule has 130 valence electrons. The lowest BCUT2D eigenvalue weighted by molar-refractivity contribution is -0.121. The van der Waals surface area contributed by atoms with Gasteiger partial charge in [0, 0.05) is 0 Å². The minimum Gasteiger partial charge on any atom is -0.534 e. The fraction of sp³-hybridized carbons (Fsp3) is 0.286. The normalized spacial score (nSPS) is 16.1. The third-order valence-corrected chi connectivity index (χ3v) is 3.70. The van der Waals surface area contributed by atoms with Crippen molar-refractivity contribution in [2.24, 2.45) is 5.73 Å². The number of aromatic carboxylic acids is 1. The van der Waals surface area contributed by atoms with Gasteiger partial charge in [-0.25, -0.2) is 4.79 Å². The summed E-state index contributed by atoms with van der Waals surface area (Å²) in [6.07, 6.45) is 0.0550. The van der Waals surface area contributed by atoms with Gasteiger partial charge in [0.15, 0.2) is 5.82 Å². The summed E-state index contributed by atoms with van der Waals surface area (Å²) < 4.78 is 10.2. The van der Waals surface area contributed by atoms with Crippen molar-refractivity contribution in [1.82, 2.24) is 15.5 Å². The van der Waals surface area contributed by atoms with E-state index in [1.807, 2.05) is 0 Å². The zero-order chi connectivity index (χ0) is 18.0. The molecule has 5 N–H and O–H groups in total. The summed E-state index contributed by atoms with van der Waals surface area (Å²) in [5.41, 5.74) is 5.91. The predicted molar refractivity (Wildman–Crippen MR) is 83.5 cm³/mol. The molecule has 1 aromatic carbocycles. The van der Waals surface area contributed by atoms with Crippen LogP contribution in [0.1, 0.15) is 27.6 Å². The van der Waals surface area contributed by atoms with Gasteiger partial charge in [0.05, 0.1) is 18.0 Å². The monoisotopic (exact) mass is 346 g/mol. The van der Waals surface area contributed by atoms with Gasteiger partial charge < -0.3 is 30.4 Å². The zero-order valence-electron chi connectivity index (χ0n) is 13.0. The molecule has 0 radical (unpaired) electrons. The third-order valence-electron chi connectivity index (χ3n) is 3.70. The van der Waals surface area contributed by atoms with Crippen LogP contribution in [0.3, 0.4) is 0 Å². The van der Waals surface area contributed by atoms with E-state index in [0.29, 0.717) is 11.4 Å². The highest BCUT2D eigenvalue weighted by Gasteiger charge is 2.37. The Morgan fingerprint density at radius 3 is 2.92 bits per heavy atom. The standard InChI is InChI=1S/C14H15BN4O6/c16-6-10-18-12(25-19-10)5-11(20)17-9-4-7-2-1-3-8(14(21)22)13(7)24-15(9)23/h1-3,9,23H,4-6,16H2,(H,17,20)(H,21,22)/t9-/m0/s1. The van der Waals surface area contributed by atoms with Crippen LogP contribution in [0.4, 0.5) is 0 Å². The van der Waals surface area contributed by atoms with Gasteiger partial charge in [-0.05, 0) is 18.1 Å². The van der Waals surface area contributed by atoms with Crippen molar-refractivity contribution in [3.63, 3.8) is 0 Å². The molecule has 2 heterocycles. The van der Waals surface area contributed by atoms with E-state index in [9.17, 15) is 14.6 Å². The molecule has 2 aromatic rings. The summed E-state index contributed by atoms with van der Waals surface area (Å²) in [5, 5.41) is 25.4. The molecular weight excluding hydrogens is 331 g/mol. The van der Waals surface area contributed by atoms with Crippen molar-refractivity contribution in [2.75, 3.05) is 0 Å². The zero-order valence-corrected chi connectivity index (χ0v) is 13.0. The molecular formula is C14H15BN4O6. The molecule has 1 aliphatic heterocycles. The lowest BCUT2D eigenvalue weighted by atomic mass is 9.72. The second-order valence-corrected chi connectivity index (χ2v) is 5.47. The van der Waals surface area contributed by atoms with Crippen LogP contribution in [0.5, 0.6) is 5.75 Å². The van der Waals surface area contributed by atoms with Crippen LogP contribution >= 0.6 is 0 Å². The van der Waals surface area contributed by atoms with Crippen molar-refractivity contribution in [2.45, 2.75) is 25.3 Å². The van der Waals surface area contributed by atoms with Gasteiger partial charge in [-0.3, -0.25) is 4.79 Å². The molecule has 3 rings (SSSR count). The highest BCUT2D eigenvalue weighted by atomic mass is 16.5. The first-order chi connectivity index (χ1) is 12.0. The van der Waals surface area contributed by atoms with E-state index in [1.54, 1.807) is 12.1 Å². The van der Waals surface area contributed by atoms with E-state index in [0.717, 1.165) is 0 Å². The van der Waals surface area contributed by atoms with Crippen molar-refractivity contribution in [1.29, 1.82) is 0 Å². The van der Waals surface area contributed by atoms with Gasteiger partial charge in [0.25, 0.3) is 0 Å².